The monoisotopic (exact) mass is 615 g/mol. The van der Waals surface area contributed by atoms with Crippen molar-refractivity contribution in [2.45, 2.75) is 70.6 Å². The minimum atomic E-state index is -1.15. The van der Waals surface area contributed by atoms with E-state index in [2.05, 4.69) is 11.9 Å². The number of nitrogens with one attached hydrogen (secondary N) is 1. The van der Waals surface area contributed by atoms with Crippen molar-refractivity contribution in [2.75, 3.05) is 18.9 Å². The number of nitrogens with two attached hydrogens (primary N) is 1. The topological polar surface area (TPSA) is 95.6 Å². The summed E-state index contributed by atoms with van der Waals surface area (Å²) in [5.41, 5.74) is 3.34. The molecule has 1 heterocycles. The lowest BCUT2D eigenvalue weighted by molar-refractivity contribution is -0.0204. The zero-order valence-corrected chi connectivity index (χ0v) is 25.0. The van der Waals surface area contributed by atoms with Gasteiger partial charge < -0.3 is 20.5 Å². The first-order valence-electron chi connectivity index (χ1n) is 14.5. The average molecular weight is 616 g/mol. The van der Waals surface area contributed by atoms with Crippen LogP contribution in [0.2, 0.25) is 0 Å². The molecule has 11 heteroatoms. The van der Waals surface area contributed by atoms with E-state index in [1.807, 2.05) is 20.8 Å². The third-order valence-electron chi connectivity index (χ3n) is 7.35. The summed E-state index contributed by atoms with van der Waals surface area (Å²) in [5, 5.41) is 3.30. The van der Waals surface area contributed by atoms with E-state index in [-0.39, 0.29) is 30.7 Å². The molecule has 3 aromatic rings. The molecule has 1 aliphatic carbocycles. The normalized spacial score (nSPS) is 14.5. The van der Waals surface area contributed by atoms with Gasteiger partial charge in [0.2, 0.25) is 0 Å². The number of carbonyl (C=O) groups is 1. The van der Waals surface area contributed by atoms with Crippen LogP contribution in [-0.2, 0) is 15.9 Å². The number of carbonyl (C=O) groups excluding carboxylic acids is 1. The van der Waals surface area contributed by atoms with Gasteiger partial charge in [0.05, 0.1) is 35.5 Å². The Bertz CT molecular complexity index is 1570. The summed E-state index contributed by atoms with van der Waals surface area (Å²) in [6.45, 7) is 10.5. The van der Waals surface area contributed by atoms with Gasteiger partial charge in [-0.05, 0) is 95.3 Å². The number of hydrogen-bond acceptors (Lipinski definition) is 6. The summed E-state index contributed by atoms with van der Waals surface area (Å²) >= 11 is 0. The minimum absolute atomic E-state index is 0.108. The number of halogens is 4. The predicted molar refractivity (Wildman–Crippen MR) is 160 cm³/mol. The van der Waals surface area contributed by atoms with Crippen LogP contribution >= 0.6 is 0 Å². The molecule has 236 valence electrons. The van der Waals surface area contributed by atoms with E-state index in [0.29, 0.717) is 28.5 Å². The molecule has 1 fully saturated rings. The summed E-state index contributed by atoms with van der Waals surface area (Å²) in [6.07, 6.45) is 4.45. The lowest BCUT2D eigenvalue weighted by Gasteiger charge is -2.28. The fraction of sp³-hybridized carbons (Fsp3) is 0.394. The van der Waals surface area contributed by atoms with E-state index in [1.54, 1.807) is 0 Å². The lowest BCUT2D eigenvalue weighted by Crippen LogP contribution is -2.40. The second kappa shape index (κ2) is 13.8. The van der Waals surface area contributed by atoms with Crippen molar-refractivity contribution < 1.29 is 31.8 Å². The highest BCUT2D eigenvalue weighted by atomic mass is 19.1. The van der Waals surface area contributed by atoms with Crippen LogP contribution < -0.4 is 16.6 Å². The van der Waals surface area contributed by atoms with E-state index in [9.17, 15) is 18.4 Å². The summed E-state index contributed by atoms with van der Waals surface area (Å²) < 4.78 is 70.9. The molecular formula is C33H37F4N3O4. The first kappa shape index (κ1) is 32.9. The Kier molecular flexibility index (Phi) is 10.3. The first-order chi connectivity index (χ1) is 20.7. The van der Waals surface area contributed by atoms with Crippen LogP contribution in [0.1, 0.15) is 67.9 Å². The van der Waals surface area contributed by atoms with Crippen molar-refractivity contribution >= 4 is 11.6 Å². The summed E-state index contributed by atoms with van der Waals surface area (Å²) in [5.74, 6) is -5.27. The Morgan fingerprint density at radius 1 is 1.02 bits per heavy atom. The number of benzene rings is 2. The number of ether oxygens (including phenoxy) is 2. The Morgan fingerprint density at radius 3 is 2.27 bits per heavy atom. The number of nitrogen functional groups attached to an aromatic ring is 1. The van der Waals surface area contributed by atoms with Crippen LogP contribution in [0.3, 0.4) is 0 Å². The van der Waals surface area contributed by atoms with Crippen LogP contribution in [-0.4, -0.2) is 41.2 Å². The van der Waals surface area contributed by atoms with Crippen LogP contribution in [0.4, 0.5) is 23.4 Å². The number of nitrogens with zero attached hydrogens (tertiary/aromatic N) is 1. The second-order valence-corrected chi connectivity index (χ2v) is 11.8. The second-order valence-electron chi connectivity index (χ2n) is 11.8. The van der Waals surface area contributed by atoms with Gasteiger partial charge in [-0.2, -0.15) is 0 Å². The van der Waals surface area contributed by atoms with Crippen molar-refractivity contribution in [2.24, 2.45) is 0 Å². The number of pyridine rings is 1. The van der Waals surface area contributed by atoms with Gasteiger partial charge in [-0.15, -0.1) is 0 Å². The van der Waals surface area contributed by atoms with Gasteiger partial charge in [0.1, 0.15) is 28.9 Å². The highest BCUT2D eigenvalue weighted by Gasteiger charge is 2.25. The predicted octanol–water partition coefficient (Wildman–Crippen LogP) is 6.00. The molecule has 0 bridgehead atoms. The highest BCUT2D eigenvalue weighted by Crippen LogP contribution is 2.26. The zero-order valence-electron chi connectivity index (χ0n) is 25.0. The summed E-state index contributed by atoms with van der Waals surface area (Å²) in [6, 6.07) is 6.03. The number of aromatic nitrogens is 1. The molecule has 44 heavy (non-hydrogen) atoms. The maximum absolute atomic E-state index is 15.4. The van der Waals surface area contributed by atoms with Crippen LogP contribution in [0.25, 0.3) is 5.69 Å². The van der Waals surface area contributed by atoms with Gasteiger partial charge in [-0.25, -0.2) is 17.6 Å². The Balaban J connectivity index is 1.53. The average Bonchev–Trinajstić information content (AvgIpc) is 3.44. The van der Waals surface area contributed by atoms with Crippen molar-refractivity contribution in [3.8, 4) is 5.69 Å². The molecule has 1 atom stereocenters. The molecule has 1 aliphatic rings. The summed E-state index contributed by atoms with van der Waals surface area (Å²) in [4.78, 5) is 25.7. The molecule has 1 aromatic heterocycles. The molecule has 1 saturated carbocycles. The van der Waals surface area contributed by atoms with E-state index >= 15 is 8.78 Å². The van der Waals surface area contributed by atoms with Gasteiger partial charge in [0, 0.05) is 12.1 Å². The number of ketones is 1. The molecular weight excluding hydrogens is 578 g/mol. The van der Waals surface area contributed by atoms with E-state index in [4.69, 9.17) is 15.2 Å². The molecule has 0 saturated heterocycles. The standard InChI is InChI=1S/C33H37F4N3O4/c1-19(44-22-7-5-6-8-22)28(18-43-33(2,3)4)39-14-13-20-15-26(36)30(27(37)16-20)40-29(41)12-11-24(32(40)38)31(42)23-10-9-21(34)17-25(23)35/h9-12,15-17,22,28,39H,1,5-8,13-14,18,38H2,2-4H3/t28-/m0/s1. The third-order valence-corrected chi connectivity index (χ3v) is 7.35. The maximum Gasteiger partial charge on any atom is 0.256 e. The molecule has 0 aliphatic heterocycles. The Labute approximate surface area is 253 Å². The molecule has 0 radical (unpaired) electrons. The van der Waals surface area contributed by atoms with Gasteiger partial charge in [0.25, 0.3) is 5.56 Å². The fourth-order valence-electron chi connectivity index (χ4n) is 5.06. The van der Waals surface area contributed by atoms with E-state index < -0.39 is 57.3 Å². The number of anilines is 1. The SMILES string of the molecule is C=C(OC1CCCC1)[C@H](COC(C)(C)C)NCCc1cc(F)c(-n2c(N)c(C(=O)c3ccc(F)cc3F)ccc2=O)c(F)c1. The van der Waals surface area contributed by atoms with Crippen LogP contribution in [0.15, 0.2) is 59.6 Å². The molecule has 2 aromatic carbocycles. The van der Waals surface area contributed by atoms with Gasteiger partial charge in [0.15, 0.2) is 17.4 Å². The van der Waals surface area contributed by atoms with Crippen molar-refractivity contribution in [3.63, 3.8) is 0 Å². The quantitative estimate of drug-likeness (QED) is 0.148. The third kappa shape index (κ3) is 7.95. The van der Waals surface area contributed by atoms with Crippen LogP contribution in [0, 0.1) is 23.3 Å². The smallest absolute Gasteiger partial charge is 0.256 e. The van der Waals surface area contributed by atoms with Crippen LogP contribution in [0.5, 0.6) is 0 Å². The molecule has 0 amide bonds. The molecule has 7 nitrogen and oxygen atoms in total. The first-order valence-corrected chi connectivity index (χ1v) is 14.5. The molecule has 4 rings (SSSR count). The van der Waals surface area contributed by atoms with Gasteiger partial charge in [-0.1, -0.05) is 6.58 Å². The fourth-order valence-corrected chi connectivity index (χ4v) is 5.06. The maximum atomic E-state index is 15.4. The highest BCUT2D eigenvalue weighted by molar-refractivity contribution is 6.11. The van der Waals surface area contributed by atoms with E-state index in [0.717, 1.165) is 62.1 Å². The molecule has 3 N–H and O–H groups in total. The van der Waals surface area contributed by atoms with Gasteiger partial charge in [-0.3, -0.25) is 14.2 Å². The van der Waals surface area contributed by atoms with Gasteiger partial charge >= 0.3 is 0 Å². The Hall–Kier alpha value is -3.96. The number of rotatable bonds is 12. The molecule has 0 unspecified atom stereocenters. The van der Waals surface area contributed by atoms with Crippen molar-refractivity contribution in [1.82, 2.24) is 9.88 Å². The summed E-state index contributed by atoms with van der Waals surface area (Å²) in [7, 11) is 0. The van der Waals surface area contributed by atoms with E-state index in [1.165, 1.54) is 0 Å². The zero-order chi connectivity index (χ0) is 32.2. The molecule has 0 spiro atoms. The lowest BCUT2D eigenvalue weighted by atomic mass is 10.0. The Morgan fingerprint density at radius 2 is 1.66 bits per heavy atom. The number of hydrogen-bond donors (Lipinski definition) is 2. The van der Waals surface area contributed by atoms with Crippen molar-refractivity contribution in [3.05, 3.63) is 105 Å². The minimum Gasteiger partial charge on any atom is -0.494 e. The largest absolute Gasteiger partial charge is 0.494 e. The van der Waals surface area contributed by atoms with Crippen molar-refractivity contribution in [1.29, 1.82) is 0 Å².